The summed E-state index contributed by atoms with van der Waals surface area (Å²) in [4.78, 5) is 14.1. The smallest absolute Gasteiger partial charge is 0.282 e. The first-order valence-corrected chi connectivity index (χ1v) is 14.1. The minimum Gasteiger partial charge on any atom is -0.394 e. The van der Waals surface area contributed by atoms with E-state index < -0.39 is 121 Å². The summed E-state index contributed by atoms with van der Waals surface area (Å²) in [5, 5.41) is 49.2. The average molecular weight is 645 g/mol. The lowest BCUT2D eigenvalue weighted by Crippen LogP contribution is -2.64. The Balaban J connectivity index is 1.43. The highest BCUT2D eigenvalue weighted by Gasteiger charge is 2.56. The van der Waals surface area contributed by atoms with E-state index in [1.54, 1.807) is 0 Å². The normalized spacial score (nSPS) is 30.5. The molecule has 2 aromatic rings. The summed E-state index contributed by atoms with van der Waals surface area (Å²) < 4.78 is 102. The van der Waals surface area contributed by atoms with Crippen LogP contribution in [0.15, 0.2) is 18.3 Å². The summed E-state index contributed by atoms with van der Waals surface area (Å²) in [6.45, 7) is -2.75. The fourth-order valence-electron chi connectivity index (χ4n) is 5.44. The zero-order chi connectivity index (χ0) is 31.5. The molecule has 5 rings (SSSR count). The number of hydrogen-bond donors (Lipinski definition) is 4. The minimum atomic E-state index is -3.17. The van der Waals surface area contributed by atoms with Gasteiger partial charge >= 0.3 is 0 Å². The number of likely N-dealkylation sites (tertiary alicyclic amines) is 1. The standard InChI is InChI=1S/C25H27F7N4O6S/c26-12-5-11(6-13(27)16(12)28)14-7-36(34-33-14)17-18(38)15(8-37)42-22(19(17)39)43-20(21(40)35-9-25(31,32)10-35)23(41)1-3-24(29,30)4-2-23/h5-7,15,17-20,22,37-39,41H,1-4,8-10H2/t15-,17+,18+,19-,20+,22+/m1/s1. The molecule has 1 amide bonds. The third kappa shape index (κ3) is 6.22. The molecule has 43 heavy (non-hydrogen) atoms. The largest absolute Gasteiger partial charge is 0.394 e. The van der Waals surface area contributed by atoms with Gasteiger partial charge in [-0.2, -0.15) is 0 Å². The number of alkyl halides is 4. The average Bonchev–Trinajstić information content (AvgIpc) is 3.41. The fourth-order valence-corrected chi connectivity index (χ4v) is 7.00. The Labute approximate surface area is 243 Å². The van der Waals surface area contributed by atoms with Crippen molar-refractivity contribution in [3.05, 3.63) is 35.8 Å². The van der Waals surface area contributed by atoms with Crippen molar-refractivity contribution in [2.45, 2.75) is 78.2 Å². The lowest BCUT2D eigenvalue weighted by atomic mass is 9.79. The monoisotopic (exact) mass is 644 g/mol. The molecule has 0 bridgehead atoms. The van der Waals surface area contributed by atoms with Crippen LogP contribution in [0.1, 0.15) is 31.7 Å². The minimum absolute atomic E-state index is 0.197. The van der Waals surface area contributed by atoms with E-state index in [0.717, 1.165) is 15.8 Å². The van der Waals surface area contributed by atoms with E-state index in [4.69, 9.17) is 4.74 Å². The zero-order valence-electron chi connectivity index (χ0n) is 22.1. The predicted molar refractivity (Wildman–Crippen MR) is 133 cm³/mol. The van der Waals surface area contributed by atoms with Gasteiger partial charge in [-0.3, -0.25) is 4.79 Å². The second-order valence-electron chi connectivity index (χ2n) is 11.1. The summed E-state index contributed by atoms with van der Waals surface area (Å²) in [6, 6.07) is -0.208. The number of benzene rings is 1. The number of nitrogens with zero attached hydrogens (tertiary/aromatic N) is 4. The van der Waals surface area contributed by atoms with Crippen LogP contribution in [0.5, 0.6) is 0 Å². The number of ether oxygens (including phenoxy) is 1. The first-order chi connectivity index (χ1) is 20.0. The molecule has 6 atom stereocenters. The lowest BCUT2D eigenvalue weighted by Gasteiger charge is -2.48. The Morgan fingerprint density at radius 1 is 1.02 bits per heavy atom. The molecule has 18 heteroatoms. The molecular formula is C25H27F7N4O6S. The van der Waals surface area contributed by atoms with Crippen molar-refractivity contribution in [2.75, 3.05) is 19.7 Å². The second kappa shape index (κ2) is 11.4. The van der Waals surface area contributed by atoms with E-state index in [-0.39, 0.29) is 11.3 Å². The highest BCUT2D eigenvalue weighted by Crippen LogP contribution is 2.47. The SMILES string of the molecule is O=C([C@H](S[C@@H]1O[C@H](CO)[C@H](O)[C@H](n2cc(-c3cc(F)c(F)c(F)c3)nn2)[C@H]1O)C1(O)CCC(F)(F)CC1)N1CC(F)(F)C1. The highest BCUT2D eigenvalue weighted by molar-refractivity contribution is 8.01. The maximum absolute atomic E-state index is 13.9. The maximum atomic E-state index is 13.9. The summed E-state index contributed by atoms with van der Waals surface area (Å²) in [5.41, 5.74) is -4.09. The molecule has 1 aromatic carbocycles. The van der Waals surface area contributed by atoms with E-state index in [9.17, 15) is 56.0 Å². The molecule has 1 aliphatic carbocycles. The van der Waals surface area contributed by atoms with Crippen molar-refractivity contribution in [3.8, 4) is 11.3 Å². The second-order valence-corrected chi connectivity index (χ2v) is 12.3. The van der Waals surface area contributed by atoms with Crippen LogP contribution in [0.2, 0.25) is 0 Å². The topological polar surface area (TPSA) is 141 Å². The van der Waals surface area contributed by atoms with E-state index in [0.29, 0.717) is 23.9 Å². The molecule has 2 aliphatic heterocycles. The van der Waals surface area contributed by atoms with Gasteiger partial charge in [0.15, 0.2) is 17.5 Å². The van der Waals surface area contributed by atoms with Crippen molar-refractivity contribution in [1.82, 2.24) is 19.9 Å². The van der Waals surface area contributed by atoms with Gasteiger partial charge in [0.1, 0.15) is 40.7 Å². The van der Waals surface area contributed by atoms with Crippen LogP contribution >= 0.6 is 11.8 Å². The van der Waals surface area contributed by atoms with Gasteiger partial charge in [-0.05, 0) is 25.0 Å². The third-order valence-corrected chi connectivity index (χ3v) is 9.50. The number of aliphatic hydroxyl groups excluding tert-OH is 3. The van der Waals surface area contributed by atoms with E-state index in [1.165, 1.54) is 0 Å². The Kier molecular flexibility index (Phi) is 8.49. The molecule has 0 radical (unpaired) electrons. The number of aliphatic hydroxyl groups is 4. The predicted octanol–water partition coefficient (Wildman–Crippen LogP) is 1.86. The summed E-state index contributed by atoms with van der Waals surface area (Å²) in [6.07, 6.45) is -6.57. The number of aromatic nitrogens is 3. The number of halogens is 7. The number of amides is 1. The van der Waals surface area contributed by atoms with Gasteiger partial charge in [0.05, 0.1) is 31.5 Å². The Bertz CT molecular complexity index is 1330. The lowest BCUT2D eigenvalue weighted by molar-refractivity contribution is -0.180. The molecule has 1 aromatic heterocycles. The van der Waals surface area contributed by atoms with Crippen LogP contribution in [-0.4, -0.2) is 112 Å². The Morgan fingerprint density at radius 2 is 1.63 bits per heavy atom. The summed E-state index contributed by atoms with van der Waals surface area (Å²) in [5.74, 6) is -12.0. The van der Waals surface area contributed by atoms with Gasteiger partial charge in [0, 0.05) is 18.4 Å². The Hall–Kier alpha value is -2.51. The van der Waals surface area contributed by atoms with Gasteiger partial charge in [-0.15, -0.1) is 16.9 Å². The number of hydrogen-bond acceptors (Lipinski definition) is 9. The maximum Gasteiger partial charge on any atom is 0.282 e. The number of carbonyl (C=O) groups excluding carboxylic acids is 1. The first kappa shape index (κ1) is 31.9. The van der Waals surface area contributed by atoms with E-state index in [1.807, 2.05) is 0 Å². The fraction of sp³-hybridized carbons (Fsp3) is 0.640. The third-order valence-electron chi connectivity index (χ3n) is 7.93. The van der Waals surface area contributed by atoms with Crippen molar-refractivity contribution < 1.29 is 60.7 Å². The molecule has 2 saturated heterocycles. The van der Waals surface area contributed by atoms with Gasteiger partial charge in [0.2, 0.25) is 11.8 Å². The number of thioether (sulfide) groups is 1. The quantitative estimate of drug-likeness (QED) is 0.263. The Morgan fingerprint density at radius 3 is 2.19 bits per heavy atom. The van der Waals surface area contributed by atoms with Crippen LogP contribution in [0, 0.1) is 17.5 Å². The summed E-state index contributed by atoms with van der Waals surface area (Å²) >= 11 is 0.466. The molecule has 3 fully saturated rings. The molecule has 10 nitrogen and oxygen atoms in total. The molecule has 4 N–H and O–H groups in total. The molecule has 3 aliphatic rings. The zero-order valence-corrected chi connectivity index (χ0v) is 22.9. The van der Waals surface area contributed by atoms with Crippen LogP contribution in [-0.2, 0) is 9.53 Å². The highest BCUT2D eigenvalue weighted by atomic mass is 32.2. The molecule has 1 saturated carbocycles. The van der Waals surface area contributed by atoms with Crippen LogP contribution in [0.4, 0.5) is 30.7 Å². The van der Waals surface area contributed by atoms with E-state index >= 15 is 0 Å². The van der Waals surface area contributed by atoms with Crippen molar-refractivity contribution >= 4 is 17.7 Å². The molecule has 0 unspecified atom stereocenters. The van der Waals surface area contributed by atoms with Gasteiger partial charge in [-0.25, -0.2) is 35.4 Å². The van der Waals surface area contributed by atoms with E-state index in [2.05, 4.69) is 10.3 Å². The van der Waals surface area contributed by atoms with Crippen LogP contribution < -0.4 is 0 Å². The first-order valence-electron chi connectivity index (χ1n) is 13.2. The molecule has 0 spiro atoms. The number of carbonyl (C=O) groups is 1. The van der Waals surface area contributed by atoms with Crippen molar-refractivity contribution in [2.24, 2.45) is 0 Å². The van der Waals surface area contributed by atoms with Crippen LogP contribution in [0.25, 0.3) is 11.3 Å². The molecule has 238 valence electrons. The number of rotatable bonds is 7. The van der Waals surface area contributed by atoms with Crippen molar-refractivity contribution in [1.29, 1.82) is 0 Å². The molecule has 3 heterocycles. The van der Waals surface area contributed by atoms with Gasteiger partial charge < -0.3 is 30.1 Å². The van der Waals surface area contributed by atoms with Crippen molar-refractivity contribution in [3.63, 3.8) is 0 Å². The van der Waals surface area contributed by atoms with Gasteiger partial charge in [-0.1, -0.05) is 5.21 Å². The van der Waals surface area contributed by atoms with Gasteiger partial charge in [0.25, 0.3) is 5.92 Å². The van der Waals surface area contributed by atoms with Crippen LogP contribution in [0.3, 0.4) is 0 Å². The molecular weight excluding hydrogens is 617 g/mol. The summed E-state index contributed by atoms with van der Waals surface area (Å²) in [7, 11) is 0.